The van der Waals surface area contributed by atoms with Crippen molar-refractivity contribution in [1.82, 2.24) is 9.88 Å². The third-order valence-electron chi connectivity index (χ3n) is 4.56. The zero-order valence-electron chi connectivity index (χ0n) is 17.1. The van der Waals surface area contributed by atoms with Crippen molar-refractivity contribution < 1.29 is 14.4 Å². The van der Waals surface area contributed by atoms with Crippen molar-refractivity contribution >= 4 is 40.7 Å². The number of anilines is 2. The van der Waals surface area contributed by atoms with Gasteiger partial charge in [0.25, 0.3) is 11.8 Å². The van der Waals surface area contributed by atoms with Gasteiger partial charge in [-0.2, -0.15) is 0 Å². The van der Waals surface area contributed by atoms with Gasteiger partial charge >= 0.3 is 0 Å². The van der Waals surface area contributed by atoms with Crippen molar-refractivity contribution in [3.05, 3.63) is 88.7 Å². The molecule has 1 aromatic heterocycles. The van der Waals surface area contributed by atoms with Crippen LogP contribution in [0.2, 0.25) is 5.02 Å². The summed E-state index contributed by atoms with van der Waals surface area (Å²) < 4.78 is 0. The fourth-order valence-corrected chi connectivity index (χ4v) is 3.13. The van der Waals surface area contributed by atoms with Crippen LogP contribution >= 0.6 is 11.6 Å². The molecule has 0 saturated carbocycles. The summed E-state index contributed by atoms with van der Waals surface area (Å²) >= 11 is 6.06. The Balaban J connectivity index is 1.75. The van der Waals surface area contributed by atoms with E-state index in [-0.39, 0.29) is 23.9 Å². The van der Waals surface area contributed by atoms with E-state index in [9.17, 15) is 14.4 Å². The zero-order valence-corrected chi connectivity index (χ0v) is 17.8. The number of hydrogen-bond acceptors (Lipinski definition) is 4. The first kappa shape index (κ1) is 22.0. The van der Waals surface area contributed by atoms with Gasteiger partial charge in [0.1, 0.15) is 0 Å². The van der Waals surface area contributed by atoms with Crippen LogP contribution in [0.3, 0.4) is 0 Å². The van der Waals surface area contributed by atoms with Gasteiger partial charge in [0, 0.05) is 25.0 Å². The minimum atomic E-state index is -0.400. The Kier molecular flexibility index (Phi) is 6.99. The van der Waals surface area contributed by atoms with Crippen molar-refractivity contribution in [3.63, 3.8) is 0 Å². The molecule has 2 N–H and O–H groups in total. The topological polar surface area (TPSA) is 91.4 Å². The summed E-state index contributed by atoms with van der Waals surface area (Å²) in [5, 5.41) is 5.89. The third-order valence-corrected chi connectivity index (χ3v) is 4.89. The number of benzene rings is 2. The number of likely N-dealkylation sites (N-methyl/N-ethyl adjacent to an activating group) is 1. The number of aryl methyl sites for hydroxylation is 1. The molecule has 0 aliphatic rings. The summed E-state index contributed by atoms with van der Waals surface area (Å²) in [6.45, 7) is 1.61. The lowest BCUT2D eigenvalue weighted by molar-refractivity contribution is -0.116. The number of para-hydroxylation sites is 2. The summed E-state index contributed by atoms with van der Waals surface area (Å²) in [5.41, 5.74) is 2.30. The van der Waals surface area contributed by atoms with Gasteiger partial charge in [0.05, 0.1) is 28.5 Å². The molecule has 3 aromatic rings. The molecule has 0 bridgehead atoms. The Hall–Kier alpha value is -3.71. The molecule has 0 aliphatic heterocycles. The Bertz CT molecular complexity index is 1120. The molecule has 0 fully saturated rings. The summed E-state index contributed by atoms with van der Waals surface area (Å²) in [4.78, 5) is 43.2. The first-order valence-corrected chi connectivity index (χ1v) is 9.85. The number of halogens is 1. The highest BCUT2D eigenvalue weighted by Crippen LogP contribution is 2.23. The number of nitrogens with zero attached hydrogens (tertiary/aromatic N) is 2. The molecule has 3 rings (SSSR count). The molecule has 0 saturated heterocycles. The first-order chi connectivity index (χ1) is 14.9. The molecule has 1 heterocycles. The van der Waals surface area contributed by atoms with Gasteiger partial charge in [0.15, 0.2) is 0 Å². The molecule has 0 radical (unpaired) electrons. The van der Waals surface area contributed by atoms with Crippen LogP contribution in [-0.4, -0.2) is 41.2 Å². The lowest BCUT2D eigenvalue weighted by atomic mass is 10.1. The van der Waals surface area contributed by atoms with Gasteiger partial charge in [0.2, 0.25) is 5.91 Å². The average molecular weight is 437 g/mol. The Labute approximate surface area is 185 Å². The second-order valence-electron chi connectivity index (χ2n) is 6.88. The Morgan fingerprint density at radius 1 is 0.968 bits per heavy atom. The minimum absolute atomic E-state index is 0.185. The summed E-state index contributed by atoms with van der Waals surface area (Å²) in [7, 11) is 1.52. The normalized spacial score (nSPS) is 10.3. The lowest BCUT2D eigenvalue weighted by Crippen LogP contribution is -2.35. The predicted molar refractivity (Wildman–Crippen MR) is 120 cm³/mol. The van der Waals surface area contributed by atoms with Crippen LogP contribution in [0, 0.1) is 6.92 Å². The highest BCUT2D eigenvalue weighted by atomic mass is 35.5. The van der Waals surface area contributed by atoms with Crippen LogP contribution in [0.1, 0.15) is 26.3 Å². The van der Waals surface area contributed by atoms with E-state index in [4.69, 9.17) is 11.6 Å². The van der Waals surface area contributed by atoms with Gasteiger partial charge < -0.3 is 15.5 Å². The molecule has 7 nitrogen and oxygen atoms in total. The van der Waals surface area contributed by atoms with E-state index in [1.165, 1.54) is 24.3 Å². The molecule has 0 unspecified atom stereocenters. The number of amides is 3. The van der Waals surface area contributed by atoms with E-state index in [1.807, 2.05) is 0 Å². The smallest absolute Gasteiger partial charge is 0.256 e. The minimum Gasteiger partial charge on any atom is -0.332 e. The van der Waals surface area contributed by atoms with E-state index in [2.05, 4.69) is 15.6 Å². The van der Waals surface area contributed by atoms with Crippen molar-refractivity contribution in [3.8, 4) is 0 Å². The monoisotopic (exact) mass is 436 g/mol. The largest absolute Gasteiger partial charge is 0.332 e. The van der Waals surface area contributed by atoms with E-state index in [1.54, 1.807) is 61.5 Å². The number of aromatic nitrogens is 1. The Morgan fingerprint density at radius 3 is 2.39 bits per heavy atom. The van der Waals surface area contributed by atoms with Crippen molar-refractivity contribution in [2.45, 2.75) is 6.92 Å². The molecule has 158 valence electrons. The van der Waals surface area contributed by atoms with Crippen LogP contribution in [0.15, 0.2) is 67.0 Å². The number of carbonyl (C=O) groups is 3. The summed E-state index contributed by atoms with van der Waals surface area (Å²) in [6, 6.07) is 15.1. The maximum atomic E-state index is 13.0. The SMILES string of the molecule is Cc1cccc(C(=O)N(C)CC(=O)Nc2ccccc2Cl)c1NC(=O)c1ccncc1. The van der Waals surface area contributed by atoms with Gasteiger partial charge in [-0.15, -0.1) is 0 Å². The van der Waals surface area contributed by atoms with Crippen LogP contribution in [0.25, 0.3) is 0 Å². The highest BCUT2D eigenvalue weighted by molar-refractivity contribution is 6.33. The van der Waals surface area contributed by atoms with Crippen LogP contribution in [0.5, 0.6) is 0 Å². The molecule has 2 aromatic carbocycles. The summed E-state index contributed by atoms with van der Waals surface area (Å²) in [6.07, 6.45) is 3.04. The lowest BCUT2D eigenvalue weighted by Gasteiger charge is -2.20. The molecular weight excluding hydrogens is 416 g/mol. The molecule has 0 spiro atoms. The maximum absolute atomic E-state index is 13.0. The fourth-order valence-electron chi connectivity index (χ4n) is 2.95. The van der Waals surface area contributed by atoms with Gasteiger partial charge in [-0.1, -0.05) is 35.9 Å². The Morgan fingerprint density at radius 2 is 1.68 bits per heavy atom. The fraction of sp³-hybridized carbons (Fsp3) is 0.130. The molecule has 3 amide bonds. The first-order valence-electron chi connectivity index (χ1n) is 9.47. The molecule has 0 aliphatic carbocycles. The van der Waals surface area contributed by atoms with E-state index in [0.717, 1.165) is 5.56 Å². The van der Waals surface area contributed by atoms with Crippen LogP contribution < -0.4 is 10.6 Å². The van der Waals surface area contributed by atoms with Crippen LogP contribution in [0.4, 0.5) is 11.4 Å². The van der Waals surface area contributed by atoms with Crippen LogP contribution in [-0.2, 0) is 4.79 Å². The van der Waals surface area contributed by atoms with Gasteiger partial charge in [-0.3, -0.25) is 19.4 Å². The van der Waals surface area contributed by atoms with Crippen molar-refractivity contribution in [2.75, 3.05) is 24.2 Å². The second-order valence-corrected chi connectivity index (χ2v) is 7.28. The number of pyridine rings is 1. The standard InChI is InChI=1S/C23H21ClN4O3/c1-15-6-5-7-17(21(15)27-22(30)16-10-12-25-13-11-16)23(31)28(2)14-20(29)26-19-9-4-3-8-18(19)24/h3-13H,14H2,1-2H3,(H,26,29)(H,27,30). The average Bonchev–Trinajstić information content (AvgIpc) is 2.76. The third kappa shape index (κ3) is 5.46. The predicted octanol–water partition coefficient (Wildman–Crippen LogP) is 4.01. The maximum Gasteiger partial charge on any atom is 0.256 e. The van der Waals surface area contributed by atoms with E-state index < -0.39 is 5.91 Å². The number of carbonyl (C=O) groups excluding carboxylic acids is 3. The van der Waals surface area contributed by atoms with Crippen molar-refractivity contribution in [2.24, 2.45) is 0 Å². The molecule has 0 atom stereocenters. The number of nitrogens with one attached hydrogen (secondary N) is 2. The molecular formula is C23H21ClN4O3. The van der Waals surface area contributed by atoms with Crippen molar-refractivity contribution in [1.29, 1.82) is 0 Å². The quantitative estimate of drug-likeness (QED) is 0.610. The van der Waals surface area contributed by atoms with E-state index in [0.29, 0.717) is 22.0 Å². The second kappa shape index (κ2) is 9.86. The summed E-state index contributed by atoms with van der Waals surface area (Å²) in [5.74, 6) is -1.15. The van der Waals surface area contributed by atoms with Gasteiger partial charge in [-0.05, 0) is 42.8 Å². The number of rotatable bonds is 6. The number of hydrogen-bond donors (Lipinski definition) is 2. The van der Waals surface area contributed by atoms with E-state index >= 15 is 0 Å². The highest BCUT2D eigenvalue weighted by Gasteiger charge is 2.21. The van der Waals surface area contributed by atoms with Gasteiger partial charge in [-0.25, -0.2) is 0 Å². The molecule has 31 heavy (non-hydrogen) atoms. The zero-order chi connectivity index (χ0) is 22.4. The molecule has 8 heteroatoms.